The predicted molar refractivity (Wildman–Crippen MR) is 115 cm³/mol. The van der Waals surface area contributed by atoms with Gasteiger partial charge in [0.2, 0.25) is 0 Å². The molecule has 144 valence electrons. The van der Waals surface area contributed by atoms with Crippen molar-refractivity contribution < 1.29 is 5.11 Å². The van der Waals surface area contributed by atoms with Crippen LogP contribution in [-0.2, 0) is 0 Å². The Balaban J connectivity index is 1.88. The summed E-state index contributed by atoms with van der Waals surface area (Å²) >= 11 is 0. The highest BCUT2D eigenvalue weighted by molar-refractivity contribution is 6.32. The maximum Gasteiger partial charge on any atom is 0.150 e. The summed E-state index contributed by atoms with van der Waals surface area (Å²) < 4.78 is 2.19. The number of aromatic nitrogens is 3. The third-order valence-electron chi connectivity index (χ3n) is 5.85. The Bertz CT molecular complexity index is 1010. The summed E-state index contributed by atoms with van der Waals surface area (Å²) in [6.45, 7) is 10.4. The third kappa shape index (κ3) is 3.20. The van der Waals surface area contributed by atoms with Crippen LogP contribution in [0.15, 0.2) is 18.3 Å². The molecule has 0 unspecified atom stereocenters. The van der Waals surface area contributed by atoms with Crippen LogP contribution in [0.4, 0.5) is 5.82 Å². The van der Waals surface area contributed by atoms with Crippen LogP contribution in [0.25, 0.3) is 16.7 Å². The van der Waals surface area contributed by atoms with E-state index in [1.165, 1.54) is 5.56 Å². The van der Waals surface area contributed by atoms with E-state index in [0.29, 0.717) is 5.92 Å². The Hall–Kier alpha value is -2.34. The number of hydrogen-bond acceptors (Lipinski definition) is 4. The number of hydrogen-bond donors (Lipinski definition) is 1. The molecule has 1 aliphatic rings. The minimum Gasteiger partial charge on any atom is -0.396 e. The molecule has 1 aliphatic heterocycles. The second-order valence-corrected chi connectivity index (χ2v) is 8.09. The average molecular weight is 374 g/mol. The van der Waals surface area contributed by atoms with E-state index in [-0.39, 0.29) is 6.61 Å². The van der Waals surface area contributed by atoms with Crippen LogP contribution in [0, 0.1) is 33.6 Å². The van der Waals surface area contributed by atoms with Gasteiger partial charge in [0.1, 0.15) is 19.5 Å². The van der Waals surface area contributed by atoms with Crippen LogP contribution < -0.4 is 10.4 Å². The molecule has 0 atom stereocenters. The van der Waals surface area contributed by atoms with Gasteiger partial charge in [0.25, 0.3) is 0 Å². The number of anilines is 1. The van der Waals surface area contributed by atoms with Gasteiger partial charge in [-0.15, -0.1) is 0 Å². The molecule has 0 bridgehead atoms. The number of aryl methyl sites for hydroxylation is 4. The summed E-state index contributed by atoms with van der Waals surface area (Å²) in [5.74, 6) is 2.19. The molecule has 5 nitrogen and oxygen atoms in total. The molecule has 3 heterocycles. The van der Waals surface area contributed by atoms with E-state index in [1.54, 1.807) is 0 Å². The Morgan fingerprint density at radius 3 is 2.29 bits per heavy atom. The summed E-state index contributed by atoms with van der Waals surface area (Å²) in [7, 11) is 6.03. The van der Waals surface area contributed by atoms with Crippen molar-refractivity contribution in [2.45, 2.75) is 40.5 Å². The molecule has 2 aromatic heterocycles. The largest absolute Gasteiger partial charge is 0.396 e. The summed E-state index contributed by atoms with van der Waals surface area (Å²) in [5.41, 5.74) is 6.30. The third-order valence-corrected chi connectivity index (χ3v) is 5.85. The van der Waals surface area contributed by atoms with Gasteiger partial charge in [0.05, 0.1) is 11.1 Å². The van der Waals surface area contributed by atoms with Crippen LogP contribution in [0.5, 0.6) is 0 Å². The van der Waals surface area contributed by atoms with E-state index in [4.69, 9.17) is 17.8 Å². The summed E-state index contributed by atoms with van der Waals surface area (Å²) in [6, 6.07) is 4.02. The van der Waals surface area contributed by atoms with Gasteiger partial charge >= 0.3 is 0 Å². The lowest BCUT2D eigenvalue weighted by Crippen LogP contribution is -2.35. The van der Waals surface area contributed by atoms with Gasteiger partial charge in [-0.2, -0.15) is 0 Å². The van der Waals surface area contributed by atoms with Gasteiger partial charge in [0, 0.05) is 25.9 Å². The van der Waals surface area contributed by atoms with Crippen molar-refractivity contribution in [1.82, 2.24) is 14.5 Å². The number of benzene rings is 1. The number of rotatable bonds is 3. The standard InChI is InChI=1S/C22H27BN4O/c1-13-9-18(23)10-14(2)20(13)27-11-15(3)19-21(24-16(4)25-22(19)27)26-7-5-17(12-28)6-8-26/h9-11,17,28H,5-8,12H2,1-4H3. The molecule has 3 aromatic rings. The molecule has 1 fully saturated rings. The number of nitrogens with zero attached hydrogens (tertiary/aromatic N) is 4. The first-order valence-electron chi connectivity index (χ1n) is 9.98. The van der Waals surface area contributed by atoms with Gasteiger partial charge < -0.3 is 14.6 Å². The second kappa shape index (κ2) is 7.24. The maximum atomic E-state index is 9.45. The van der Waals surface area contributed by atoms with E-state index in [1.807, 2.05) is 19.1 Å². The summed E-state index contributed by atoms with van der Waals surface area (Å²) in [6.07, 6.45) is 4.16. The zero-order valence-electron chi connectivity index (χ0n) is 17.2. The number of fused-ring (bicyclic) bond motifs is 1. The molecular formula is C22H27BN4O. The number of aliphatic hydroxyl groups is 1. The van der Waals surface area contributed by atoms with Crippen molar-refractivity contribution in [2.75, 3.05) is 24.6 Å². The highest BCUT2D eigenvalue weighted by Crippen LogP contribution is 2.34. The van der Waals surface area contributed by atoms with Crippen molar-refractivity contribution in [2.24, 2.45) is 5.92 Å². The molecule has 0 saturated carbocycles. The fourth-order valence-corrected chi connectivity index (χ4v) is 4.49. The van der Waals surface area contributed by atoms with Crippen LogP contribution in [0.1, 0.15) is 35.4 Å². The zero-order chi connectivity index (χ0) is 20.0. The second-order valence-electron chi connectivity index (χ2n) is 8.09. The lowest BCUT2D eigenvalue weighted by molar-refractivity contribution is 0.203. The van der Waals surface area contributed by atoms with E-state index in [0.717, 1.165) is 70.9 Å². The Morgan fingerprint density at radius 2 is 1.68 bits per heavy atom. The topological polar surface area (TPSA) is 54.2 Å². The van der Waals surface area contributed by atoms with Crippen LogP contribution in [0.3, 0.4) is 0 Å². The smallest absolute Gasteiger partial charge is 0.150 e. The molecule has 6 heteroatoms. The Labute approximate surface area is 167 Å². The van der Waals surface area contributed by atoms with Crippen LogP contribution in [0.2, 0.25) is 0 Å². The fourth-order valence-electron chi connectivity index (χ4n) is 4.49. The zero-order valence-corrected chi connectivity index (χ0v) is 17.2. The van der Waals surface area contributed by atoms with Crippen LogP contribution >= 0.6 is 0 Å². The van der Waals surface area contributed by atoms with Gasteiger partial charge in [-0.25, -0.2) is 9.97 Å². The monoisotopic (exact) mass is 374 g/mol. The normalized spacial score (nSPS) is 15.5. The van der Waals surface area contributed by atoms with Gasteiger partial charge in [-0.1, -0.05) is 17.6 Å². The van der Waals surface area contributed by atoms with Crippen molar-refractivity contribution in [3.8, 4) is 5.69 Å². The van der Waals surface area contributed by atoms with Crippen molar-refractivity contribution in [3.05, 3.63) is 40.8 Å². The predicted octanol–water partition coefficient (Wildman–Crippen LogP) is 2.66. The average Bonchev–Trinajstić information content (AvgIpc) is 2.96. The highest BCUT2D eigenvalue weighted by atomic mass is 16.3. The molecule has 0 aliphatic carbocycles. The SMILES string of the molecule is [B]c1cc(C)c(-n2cc(C)c3c(N4CCC(CO)CC4)nc(C)nc32)c(C)c1. The molecule has 2 radical (unpaired) electrons. The molecule has 1 N–H and O–H groups in total. The quantitative estimate of drug-likeness (QED) is 0.717. The first kappa shape index (κ1) is 19.0. The minimum absolute atomic E-state index is 0.275. The van der Waals surface area contributed by atoms with Gasteiger partial charge in [-0.3, -0.25) is 0 Å². The summed E-state index contributed by atoms with van der Waals surface area (Å²) in [4.78, 5) is 12.0. The van der Waals surface area contributed by atoms with E-state index < -0.39 is 0 Å². The Kier molecular flexibility index (Phi) is 4.92. The first-order chi connectivity index (χ1) is 13.4. The summed E-state index contributed by atoms with van der Waals surface area (Å²) in [5, 5.41) is 10.6. The van der Waals surface area contributed by atoms with Crippen LogP contribution in [-0.4, -0.2) is 47.2 Å². The van der Waals surface area contributed by atoms with E-state index >= 15 is 0 Å². The molecule has 0 spiro atoms. The van der Waals surface area contributed by atoms with E-state index in [9.17, 15) is 5.11 Å². The first-order valence-corrected chi connectivity index (χ1v) is 9.98. The molecular weight excluding hydrogens is 347 g/mol. The Morgan fingerprint density at radius 1 is 1.04 bits per heavy atom. The van der Waals surface area contributed by atoms with Crippen molar-refractivity contribution in [3.63, 3.8) is 0 Å². The molecule has 1 saturated heterocycles. The molecule has 4 rings (SSSR count). The molecule has 28 heavy (non-hydrogen) atoms. The highest BCUT2D eigenvalue weighted by Gasteiger charge is 2.24. The van der Waals surface area contributed by atoms with Gasteiger partial charge in [-0.05, 0) is 63.1 Å². The van der Waals surface area contributed by atoms with Crippen molar-refractivity contribution >= 4 is 30.2 Å². The molecule has 1 aromatic carbocycles. The lowest BCUT2D eigenvalue weighted by Gasteiger charge is -2.32. The van der Waals surface area contributed by atoms with Crippen molar-refractivity contribution in [1.29, 1.82) is 0 Å². The fraction of sp³-hybridized carbons (Fsp3) is 0.455. The van der Waals surface area contributed by atoms with E-state index in [2.05, 4.69) is 36.4 Å². The van der Waals surface area contributed by atoms with Gasteiger partial charge in [0.15, 0.2) is 5.65 Å². The minimum atomic E-state index is 0.275. The number of aliphatic hydroxyl groups excluding tert-OH is 1. The number of piperidine rings is 1. The molecule has 0 amide bonds. The maximum absolute atomic E-state index is 9.45. The lowest BCUT2D eigenvalue weighted by atomic mass is 9.91.